The molecule has 0 saturated carbocycles. The molecular weight excluding hydrogens is 160 g/mol. The van der Waals surface area contributed by atoms with E-state index in [1.165, 1.54) is 6.20 Å². The van der Waals surface area contributed by atoms with E-state index in [1.54, 1.807) is 12.1 Å². The van der Waals surface area contributed by atoms with E-state index in [0.717, 1.165) is 11.0 Å². The monoisotopic (exact) mass is 163 g/mol. The van der Waals surface area contributed by atoms with Crippen LogP contribution in [0.4, 0.5) is 0 Å². The third-order valence-electron chi connectivity index (χ3n) is 1.36. The first-order chi connectivity index (χ1) is 5.36. The fourth-order valence-electron chi connectivity index (χ4n) is 0.879. The molecular formula is C8H4ClN2. The maximum atomic E-state index is 5.63. The number of benzene rings is 1. The van der Waals surface area contributed by atoms with Crippen LogP contribution < -0.4 is 0 Å². The van der Waals surface area contributed by atoms with E-state index in [1.807, 2.05) is 6.07 Å². The molecule has 0 atom stereocenters. The number of aromatic nitrogens is 2. The summed E-state index contributed by atoms with van der Waals surface area (Å²) in [5.41, 5.74) is 1.62. The molecule has 0 fully saturated rings. The van der Waals surface area contributed by atoms with Gasteiger partial charge in [0.05, 0.1) is 17.2 Å². The molecule has 2 rings (SSSR count). The Balaban J connectivity index is 2.83. The second-order valence-corrected chi connectivity index (χ2v) is 2.49. The Morgan fingerprint density at radius 1 is 1.36 bits per heavy atom. The van der Waals surface area contributed by atoms with Crippen LogP contribution in [0.1, 0.15) is 0 Å². The number of halogens is 1. The Morgan fingerprint density at radius 3 is 3.18 bits per heavy atom. The molecule has 0 spiro atoms. The van der Waals surface area contributed by atoms with Crippen LogP contribution in [0, 0.1) is 6.07 Å². The number of fused-ring (bicyclic) bond motifs is 1. The molecule has 0 unspecified atom stereocenters. The third kappa shape index (κ3) is 1.17. The van der Waals surface area contributed by atoms with Crippen LogP contribution in [0.15, 0.2) is 24.4 Å². The summed E-state index contributed by atoms with van der Waals surface area (Å²) in [7, 11) is 0. The minimum Gasteiger partial charge on any atom is -0.251 e. The molecule has 53 valence electrons. The average Bonchev–Trinajstić information content (AvgIpc) is 2.04. The summed E-state index contributed by atoms with van der Waals surface area (Å²) in [6, 6.07) is 8.30. The first kappa shape index (κ1) is 6.55. The summed E-state index contributed by atoms with van der Waals surface area (Å²) < 4.78 is 0. The predicted octanol–water partition coefficient (Wildman–Crippen LogP) is 2.08. The SMILES string of the molecule is Clc1cnc2cc[c]cc2n1. The standard InChI is InChI=1S/C8H4ClN2/c9-8-5-10-6-3-1-2-4-7(6)11-8/h1,3-5H. The van der Waals surface area contributed by atoms with Gasteiger partial charge in [0, 0.05) is 0 Å². The van der Waals surface area contributed by atoms with Gasteiger partial charge in [-0.15, -0.1) is 0 Å². The fourth-order valence-corrected chi connectivity index (χ4v) is 1.02. The second-order valence-electron chi connectivity index (χ2n) is 2.11. The summed E-state index contributed by atoms with van der Waals surface area (Å²) in [5, 5.41) is 0.414. The molecule has 0 aliphatic carbocycles. The Morgan fingerprint density at radius 2 is 2.27 bits per heavy atom. The number of nitrogens with zero attached hydrogens (tertiary/aromatic N) is 2. The highest BCUT2D eigenvalue weighted by molar-refractivity contribution is 6.29. The van der Waals surface area contributed by atoms with E-state index in [4.69, 9.17) is 11.6 Å². The molecule has 0 amide bonds. The highest BCUT2D eigenvalue weighted by Crippen LogP contribution is 2.10. The van der Waals surface area contributed by atoms with Gasteiger partial charge in [-0.3, -0.25) is 4.98 Å². The van der Waals surface area contributed by atoms with Gasteiger partial charge in [-0.05, 0) is 18.2 Å². The molecule has 1 radical (unpaired) electrons. The van der Waals surface area contributed by atoms with Crippen molar-refractivity contribution in [1.82, 2.24) is 9.97 Å². The van der Waals surface area contributed by atoms with Gasteiger partial charge in [-0.1, -0.05) is 17.7 Å². The van der Waals surface area contributed by atoms with Crippen LogP contribution in [-0.2, 0) is 0 Å². The van der Waals surface area contributed by atoms with Crippen molar-refractivity contribution in [1.29, 1.82) is 0 Å². The molecule has 1 aromatic heterocycles. The van der Waals surface area contributed by atoms with E-state index in [2.05, 4.69) is 16.0 Å². The molecule has 1 aromatic carbocycles. The van der Waals surface area contributed by atoms with Crippen molar-refractivity contribution < 1.29 is 0 Å². The van der Waals surface area contributed by atoms with Gasteiger partial charge in [-0.25, -0.2) is 4.98 Å². The molecule has 2 nitrogen and oxygen atoms in total. The van der Waals surface area contributed by atoms with Crippen molar-refractivity contribution in [3.8, 4) is 0 Å². The largest absolute Gasteiger partial charge is 0.251 e. The van der Waals surface area contributed by atoms with Crippen molar-refractivity contribution in [3.05, 3.63) is 35.6 Å². The van der Waals surface area contributed by atoms with Gasteiger partial charge in [0.15, 0.2) is 0 Å². The van der Waals surface area contributed by atoms with Crippen molar-refractivity contribution in [2.24, 2.45) is 0 Å². The summed E-state index contributed by atoms with van der Waals surface area (Å²) in [4.78, 5) is 8.11. The highest BCUT2D eigenvalue weighted by Gasteiger charge is 1.94. The zero-order valence-electron chi connectivity index (χ0n) is 5.58. The summed E-state index contributed by atoms with van der Waals surface area (Å²) >= 11 is 5.63. The Bertz CT molecular complexity index is 387. The fraction of sp³-hybridized carbons (Fsp3) is 0. The number of hydrogen-bond acceptors (Lipinski definition) is 2. The van der Waals surface area contributed by atoms with Gasteiger partial charge in [-0.2, -0.15) is 0 Å². The lowest BCUT2D eigenvalue weighted by Gasteiger charge is -1.93. The van der Waals surface area contributed by atoms with Crippen LogP contribution in [0.2, 0.25) is 5.15 Å². The summed E-state index contributed by atoms with van der Waals surface area (Å²) in [5.74, 6) is 0. The quantitative estimate of drug-likeness (QED) is 0.594. The molecule has 3 heteroatoms. The smallest absolute Gasteiger partial charge is 0.148 e. The zero-order valence-corrected chi connectivity index (χ0v) is 6.34. The van der Waals surface area contributed by atoms with Gasteiger partial charge < -0.3 is 0 Å². The molecule has 0 bridgehead atoms. The average molecular weight is 164 g/mol. The maximum Gasteiger partial charge on any atom is 0.148 e. The molecule has 1 heterocycles. The first-order valence-electron chi connectivity index (χ1n) is 3.14. The van der Waals surface area contributed by atoms with Gasteiger partial charge in [0.2, 0.25) is 0 Å². The molecule has 0 N–H and O–H groups in total. The minimum atomic E-state index is 0.414. The van der Waals surface area contributed by atoms with Crippen molar-refractivity contribution >= 4 is 22.6 Å². The molecule has 0 saturated heterocycles. The van der Waals surface area contributed by atoms with Crippen molar-refractivity contribution in [2.75, 3.05) is 0 Å². The lowest BCUT2D eigenvalue weighted by Crippen LogP contribution is -1.82. The second kappa shape index (κ2) is 2.47. The number of hydrogen-bond donors (Lipinski definition) is 0. The van der Waals surface area contributed by atoms with E-state index in [0.29, 0.717) is 5.15 Å². The van der Waals surface area contributed by atoms with Crippen LogP contribution in [0.5, 0.6) is 0 Å². The highest BCUT2D eigenvalue weighted by atomic mass is 35.5. The van der Waals surface area contributed by atoms with E-state index in [9.17, 15) is 0 Å². The first-order valence-corrected chi connectivity index (χ1v) is 3.52. The van der Waals surface area contributed by atoms with Gasteiger partial charge in [0.25, 0.3) is 0 Å². The van der Waals surface area contributed by atoms with Crippen molar-refractivity contribution in [3.63, 3.8) is 0 Å². The van der Waals surface area contributed by atoms with E-state index < -0.39 is 0 Å². The van der Waals surface area contributed by atoms with Crippen LogP contribution >= 0.6 is 11.6 Å². The van der Waals surface area contributed by atoms with E-state index >= 15 is 0 Å². The number of rotatable bonds is 0. The molecule has 2 aromatic rings. The van der Waals surface area contributed by atoms with E-state index in [-0.39, 0.29) is 0 Å². The topological polar surface area (TPSA) is 25.8 Å². The Labute approximate surface area is 68.9 Å². The summed E-state index contributed by atoms with van der Waals surface area (Å²) in [6.07, 6.45) is 1.53. The van der Waals surface area contributed by atoms with Gasteiger partial charge >= 0.3 is 0 Å². The Hall–Kier alpha value is -1.15. The lowest BCUT2D eigenvalue weighted by molar-refractivity contribution is 1.29. The van der Waals surface area contributed by atoms with Crippen LogP contribution in [-0.4, -0.2) is 9.97 Å². The summed E-state index contributed by atoms with van der Waals surface area (Å²) in [6.45, 7) is 0. The maximum absolute atomic E-state index is 5.63. The lowest BCUT2D eigenvalue weighted by atomic mass is 10.3. The predicted molar refractivity (Wildman–Crippen MR) is 43.4 cm³/mol. The van der Waals surface area contributed by atoms with Gasteiger partial charge in [0.1, 0.15) is 5.15 Å². The third-order valence-corrected chi connectivity index (χ3v) is 1.54. The zero-order chi connectivity index (χ0) is 7.68. The normalized spacial score (nSPS) is 10.3. The minimum absolute atomic E-state index is 0.414. The molecule has 11 heavy (non-hydrogen) atoms. The Kier molecular flexibility index (Phi) is 1.47. The van der Waals surface area contributed by atoms with Crippen LogP contribution in [0.3, 0.4) is 0 Å². The molecule has 0 aliphatic rings. The molecule has 0 aliphatic heterocycles. The van der Waals surface area contributed by atoms with Crippen molar-refractivity contribution in [2.45, 2.75) is 0 Å². The van der Waals surface area contributed by atoms with Crippen LogP contribution in [0.25, 0.3) is 11.0 Å².